The van der Waals surface area contributed by atoms with Gasteiger partial charge in [-0.3, -0.25) is 4.21 Å². The first-order chi connectivity index (χ1) is 6.74. The molecule has 0 bridgehead atoms. The molecule has 1 rings (SSSR count). The van der Waals surface area contributed by atoms with Crippen LogP contribution in [0.3, 0.4) is 0 Å². The number of hydrogen-bond acceptors (Lipinski definition) is 2. The monoisotopic (exact) mass is 217 g/mol. The molecular formula is C10H16FNOS. The highest BCUT2D eigenvalue weighted by molar-refractivity contribution is 7.85. The SMILES string of the molecule is CC.NCCS(=O)c1ccc(F)cc1. The molecule has 0 amide bonds. The van der Waals surface area contributed by atoms with Crippen LogP contribution in [0.15, 0.2) is 29.2 Å². The van der Waals surface area contributed by atoms with Crippen molar-refractivity contribution >= 4 is 10.8 Å². The predicted octanol–water partition coefficient (Wildman–Crippen LogP) is 1.92. The molecule has 0 aliphatic heterocycles. The quantitative estimate of drug-likeness (QED) is 0.840. The average Bonchev–Trinajstić information content (AvgIpc) is 2.22. The van der Waals surface area contributed by atoms with Crippen molar-refractivity contribution < 1.29 is 8.60 Å². The van der Waals surface area contributed by atoms with Gasteiger partial charge in [0.2, 0.25) is 0 Å². The Morgan fingerprint density at radius 3 is 2.21 bits per heavy atom. The number of nitrogens with two attached hydrogens (primary N) is 1. The second kappa shape index (κ2) is 7.64. The van der Waals surface area contributed by atoms with Crippen LogP contribution in [0.25, 0.3) is 0 Å². The van der Waals surface area contributed by atoms with Gasteiger partial charge in [0.15, 0.2) is 0 Å². The number of benzene rings is 1. The summed E-state index contributed by atoms with van der Waals surface area (Å²) in [6, 6.07) is 5.62. The molecule has 0 aliphatic rings. The van der Waals surface area contributed by atoms with Gasteiger partial charge in [0, 0.05) is 17.2 Å². The van der Waals surface area contributed by atoms with Crippen LogP contribution in [0, 0.1) is 5.82 Å². The first-order valence-corrected chi connectivity index (χ1v) is 5.90. The van der Waals surface area contributed by atoms with Gasteiger partial charge in [-0.15, -0.1) is 0 Å². The van der Waals surface area contributed by atoms with Crippen LogP contribution < -0.4 is 5.73 Å². The maximum absolute atomic E-state index is 12.4. The summed E-state index contributed by atoms with van der Waals surface area (Å²) in [6.07, 6.45) is 0. The lowest BCUT2D eigenvalue weighted by molar-refractivity contribution is 0.626. The van der Waals surface area contributed by atoms with Crippen LogP contribution >= 0.6 is 0 Å². The second-order valence-corrected chi connectivity index (χ2v) is 3.86. The normalized spacial score (nSPS) is 11.4. The minimum Gasteiger partial charge on any atom is -0.330 e. The van der Waals surface area contributed by atoms with Crippen LogP contribution in [0.5, 0.6) is 0 Å². The minimum absolute atomic E-state index is 0.316. The molecule has 0 saturated heterocycles. The largest absolute Gasteiger partial charge is 0.330 e. The van der Waals surface area contributed by atoms with Crippen LogP contribution in [0.1, 0.15) is 13.8 Å². The zero-order valence-electron chi connectivity index (χ0n) is 8.50. The molecule has 4 heteroatoms. The van der Waals surface area contributed by atoms with Gasteiger partial charge in [-0.1, -0.05) is 13.8 Å². The van der Waals surface area contributed by atoms with E-state index in [1.54, 1.807) is 0 Å². The third kappa shape index (κ3) is 4.48. The lowest BCUT2D eigenvalue weighted by Crippen LogP contribution is -2.10. The van der Waals surface area contributed by atoms with Gasteiger partial charge >= 0.3 is 0 Å². The number of rotatable bonds is 3. The van der Waals surface area contributed by atoms with Gasteiger partial charge < -0.3 is 5.73 Å². The maximum Gasteiger partial charge on any atom is 0.123 e. The van der Waals surface area contributed by atoms with E-state index in [0.29, 0.717) is 17.2 Å². The molecule has 0 fully saturated rings. The highest BCUT2D eigenvalue weighted by atomic mass is 32.2. The summed E-state index contributed by atoms with van der Waals surface area (Å²) in [6.45, 7) is 4.38. The fourth-order valence-electron chi connectivity index (χ4n) is 0.811. The maximum atomic E-state index is 12.4. The van der Waals surface area contributed by atoms with Gasteiger partial charge in [-0.2, -0.15) is 0 Å². The Balaban J connectivity index is 0.000000791. The summed E-state index contributed by atoms with van der Waals surface area (Å²) in [4.78, 5) is 0.627. The Kier molecular flexibility index (Phi) is 7.24. The average molecular weight is 217 g/mol. The first-order valence-electron chi connectivity index (χ1n) is 4.58. The van der Waals surface area contributed by atoms with Crippen molar-refractivity contribution in [2.45, 2.75) is 18.7 Å². The second-order valence-electron chi connectivity index (χ2n) is 2.29. The Labute approximate surface area is 86.8 Å². The number of hydrogen-bond donors (Lipinski definition) is 1. The van der Waals surface area contributed by atoms with E-state index in [1.165, 1.54) is 24.3 Å². The molecule has 1 aromatic rings. The molecule has 0 saturated carbocycles. The van der Waals surface area contributed by atoms with E-state index >= 15 is 0 Å². The fraction of sp³-hybridized carbons (Fsp3) is 0.400. The van der Waals surface area contributed by atoms with Crippen molar-refractivity contribution in [3.8, 4) is 0 Å². The molecule has 0 radical (unpaired) electrons. The Morgan fingerprint density at radius 1 is 1.29 bits per heavy atom. The zero-order chi connectivity index (χ0) is 11.0. The van der Waals surface area contributed by atoms with E-state index in [9.17, 15) is 8.60 Å². The molecule has 1 atom stereocenters. The van der Waals surface area contributed by atoms with Gasteiger partial charge in [-0.25, -0.2) is 4.39 Å². The van der Waals surface area contributed by atoms with Gasteiger partial charge in [0.05, 0.1) is 10.8 Å². The molecule has 80 valence electrons. The van der Waals surface area contributed by atoms with Crippen molar-refractivity contribution in [3.63, 3.8) is 0 Å². The molecule has 0 aliphatic carbocycles. The highest BCUT2D eigenvalue weighted by Crippen LogP contribution is 2.07. The summed E-state index contributed by atoms with van der Waals surface area (Å²) in [7, 11) is -1.08. The van der Waals surface area contributed by atoms with Crippen LogP contribution in [0.2, 0.25) is 0 Å². The third-order valence-corrected chi connectivity index (χ3v) is 2.78. The summed E-state index contributed by atoms with van der Waals surface area (Å²) in [5, 5.41) is 0. The van der Waals surface area contributed by atoms with E-state index in [-0.39, 0.29) is 5.82 Å². The van der Waals surface area contributed by atoms with Gasteiger partial charge in [-0.05, 0) is 24.3 Å². The molecular weight excluding hydrogens is 201 g/mol. The van der Waals surface area contributed by atoms with Crippen LogP contribution in [0.4, 0.5) is 4.39 Å². The highest BCUT2D eigenvalue weighted by Gasteiger charge is 2.01. The summed E-state index contributed by atoms with van der Waals surface area (Å²) in [5.41, 5.74) is 5.23. The first kappa shape index (κ1) is 13.3. The molecule has 0 spiro atoms. The lowest BCUT2D eigenvalue weighted by Gasteiger charge is -1.98. The van der Waals surface area contributed by atoms with Crippen LogP contribution in [-0.2, 0) is 10.8 Å². The molecule has 0 heterocycles. The minimum atomic E-state index is -1.08. The summed E-state index contributed by atoms with van der Waals surface area (Å²) < 4.78 is 23.7. The molecule has 1 aromatic carbocycles. The van der Waals surface area contributed by atoms with E-state index in [2.05, 4.69) is 0 Å². The van der Waals surface area contributed by atoms with E-state index in [1.807, 2.05) is 13.8 Å². The smallest absolute Gasteiger partial charge is 0.123 e. The standard InChI is InChI=1S/C8H10FNOS.C2H6/c9-7-1-3-8(4-2-7)12(11)6-5-10;1-2/h1-4H,5-6,10H2;1-2H3. The summed E-state index contributed by atoms with van der Waals surface area (Å²) in [5.74, 6) is 0.106. The van der Waals surface area contributed by atoms with Crippen molar-refractivity contribution in [1.82, 2.24) is 0 Å². The third-order valence-electron chi connectivity index (χ3n) is 1.38. The molecule has 1 unspecified atom stereocenters. The molecule has 2 nitrogen and oxygen atoms in total. The topological polar surface area (TPSA) is 43.1 Å². The van der Waals surface area contributed by atoms with Crippen molar-refractivity contribution in [1.29, 1.82) is 0 Å². The zero-order valence-corrected chi connectivity index (χ0v) is 9.31. The molecule has 2 N–H and O–H groups in total. The Morgan fingerprint density at radius 2 is 1.79 bits per heavy atom. The van der Waals surface area contributed by atoms with Crippen molar-refractivity contribution in [3.05, 3.63) is 30.1 Å². The van der Waals surface area contributed by atoms with E-state index in [4.69, 9.17) is 5.73 Å². The van der Waals surface area contributed by atoms with Gasteiger partial charge in [0.1, 0.15) is 5.82 Å². The Hall–Kier alpha value is -0.740. The van der Waals surface area contributed by atoms with Crippen molar-refractivity contribution in [2.75, 3.05) is 12.3 Å². The molecule has 14 heavy (non-hydrogen) atoms. The molecule has 0 aromatic heterocycles. The van der Waals surface area contributed by atoms with E-state index < -0.39 is 10.8 Å². The van der Waals surface area contributed by atoms with E-state index in [0.717, 1.165) is 0 Å². The summed E-state index contributed by atoms with van der Waals surface area (Å²) >= 11 is 0. The Bertz CT molecular complexity index is 274. The van der Waals surface area contributed by atoms with Crippen LogP contribution in [-0.4, -0.2) is 16.5 Å². The van der Waals surface area contributed by atoms with Crippen molar-refractivity contribution in [2.24, 2.45) is 5.73 Å². The lowest BCUT2D eigenvalue weighted by atomic mass is 10.4. The fourth-order valence-corrected chi connectivity index (χ4v) is 1.70. The van der Waals surface area contributed by atoms with Gasteiger partial charge in [0.25, 0.3) is 0 Å². The number of halogens is 1. The predicted molar refractivity (Wildman–Crippen MR) is 58.1 cm³/mol.